The van der Waals surface area contributed by atoms with E-state index in [-0.39, 0.29) is 0 Å². The largest absolute Gasteiger partial charge is 0.325 e. The fourth-order valence-electron chi connectivity index (χ4n) is 1.50. The quantitative estimate of drug-likeness (QED) is 0.773. The molecule has 0 amide bonds. The van der Waals surface area contributed by atoms with Crippen LogP contribution in [0.15, 0.2) is 30.6 Å². The molecule has 0 aromatic carbocycles. The van der Waals surface area contributed by atoms with E-state index in [1.807, 2.05) is 18.2 Å². The lowest BCUT2D eigenvalue weighted by Gasteiger charge is -1.98. The molecule has 0 aliphatic rings. The van der Waals surface area contributed by atoms with Gasteiger partial charge in [0.1, 0.15) is 6.54 Å². The van der Waals surface area contributed by atoms with E-state index in [0.29, 0.717) is 13.1 Å². The van der Waals surface area contributed by atoms with E-state index >= 15 is 0 Å². The summed E-state index contributed by atoms with van der Waals surface area (Å²) in [6.45, 7) is 0.863. The minimum Gasteiger partial charge on any atom is -0.325 e. The first-order valence-corrected chi connectivity index (χ1v) is 4.96. The van der Waals surface area contributed by atoms with Gasteiger partial charge in [-0.25, -0.2) is 0 Å². The molecule has 0 aliphatic carbocycles. The van der Waals surface area contributed by atoms with E-state index < -0.39 is 0 Å². The molecule has 4 nitrogen and oxygen atoms in total. The van der Waals surface area contributed by atoms with Crippen molar-refractivity contribution in [3.63, 3.8) is 0 Å². The summed E-state index contributed by atoms with van der Waals surface area (Å²) < 4.78 is 1.74. The van der Waals surface area contributed by atoms with Gasteiger partial charge in [0.15, 0.2) is 0 Å². The highest BCUT2D eigenvalue weighted by molar-refractivity contribution is 5.57. The molecule has 0 spiro atoms. The number of hydrogen-bond acceptors (Lipinski definition) is 3. The molecular weight excluding hydrogens is 200 g/mol. The molecule has 2 N–H and O–H groups in total. The van der Waals surface area contributed by atoms with Gasteiger partial charge in [-0.3, -0.25) is 9.67 Å². The average Bonchev–Trinajstić information content (AvgIpc) is 2.74. The molecule has 2 aromatic heterocycles. The summed E-state index contributed by atoms with van der Waals surface area (Å²) in [6.07, 6.45) is 8.76. The zero-order valence-corrected chi connectivity index (χ0v) is 8.80. The van der Waals surface area contributed by atoms with Crippen LogP contribution in [0, 0.1) is 12.3 Å². The van der Waals surface area contributed by atoms with Crippen molar-refractivity contribution in [3.05, 3.63) is 36.3 Å². The van der Waals surface area contributed by atoms with Gasteiger partial charge in [0.05, 0.1) is 11.4 Å². The Morgan fingerprint density at radius 2 is 2.38 bits per heavy atom. The zero-order chi connectivity index (χ0) is 11.4. The van der Waals surface area contributed by atoms with E-state index in [0.717, 1.165) is 17.0 Å². The lowest BCUT2D eigenvalue weighted by Crippen LogP contribution is -2.07. The standard InChI is InChI=1S/C12H12N4/c1-2-6-16-11(8-13)7-12(15-16)10-4-3-5-14-9-10/h1,3-5,7,9H,6,8,13H2. The van der Waals surface area contributed by atoms with Crippen LogP contribution in [-0.2, 0) is 13.1 Å². The van der Waals surface area contributed by atoms with Crippen molar-refractivity contribution in [2.45, 2.75) is 13.1 Å². The molecule has 0 aliphatic heterocycles. The molecule has 0 radical (unpaired) electrons. The molecule has 4 heteroatoms. The van der Waals surface area contributed by atoms with E-state index in [4.69, 9.17) is 12.2 Å². The lowest BCUT2D eigenvalue weighted by molar-refractivity contribution is 0.671. The highest BCUT2D eigenvalue weighted by Gasteiger charge is 2.07. The molecule has 0 saturated carbocycles. The summed E-state index contributed by atoms with van der Waals surface area (Å²) in [4.78, 5) is 4.05. The number of rotatable bonds is 3. The molecule has 80 valence electrons. The fraction of sp³-hybridized carbons (Fsp3) is 0.167. The van der Waals surface area contributed by atoms with Crippen LogP contribution < -0.4 is 5.73 Å². The van der Waals surface area contributed by atoms with Gasteiger partial charge in [0, 0.05) is 24.5 Å². The first kappa shape index (κ1) is 10.4. The van der Waals surface area contributed by atoms with Crippen molar-refractivity contribution in [2.24, 2.45) is 5.73 Å². The predicted octanol–water partition coefficient (Wildman–Crippen LogP) is 1.04. The van der Waals surface area contributed by atoms with Gasteiger partial charge in [0.2, 0.25) is 0 Å². The number of terminal acetylenes is 1. The van der Waals surface area contributed by atoms with Crippen LogP contribution in [-0.4, -0.2) is 14.8 Å². The van der Waals surface area contributed by atoms with E-state index in [1.165, 1.54) is 0 Å². The third kappa shape index (κ3) is 1.95. The molecule has 0 unspecified atom stereocenters. The van der Waals surface area contributed by atoms with E-state index in [9.17, 15) is 0 Å². The summed E-state index contributed by atoms with van der Waals surface area (Å²) in [5.41, 5.74) is 8.37. The number of pyridine rings is 1. The summed E-state index contributed by atoms with van der Waals surface area (Å²) in [6, 6.07) is 5.77. The maximum atomic E-state index is 5.63. The second-order valence-electron chi connectivity index (χ2n) is 3.33. The van der Waals surface area contributed by atoms with Crippen LogP contribution in [0.4, 0.5) is 0 Å². The number of hydrogen-bond donors (Lipinski definition) is 1. The molecule has 2 heterocycles. The van der Waals surface area contributed by atoms with E-state index in [1.54, 1.807) is 17.1 Å². The lowest BCUT2D eigenvalue weighted by atomic mass is 10.2. The Hall–Kier alpha value is -2.12. The van der Waals surface area contributed by atoms with Crippen LogP contribution in [0.25, 0.3) is 11.3 Å². The van der Waals surface area contributed by atoms with Gasteiger partial charge in [-0.2, -0.15) is 5.10 Å². The Bertz CT molecular complexity index is 508. The van der Waals surface area contributed by atoms with Crippen molar-refractivity contribution in [1.29, 1.82) is 0 Å². The molecular formula is C12H12N4. The minimum atomic E-state index is 0.426. The fourth-order valence-corrected chi connectivity index (χ4v) is 1.50. The van der Waals surface area contributed by atoms with Crippen LogP contribution in [0.1, 0.15) is 5.69 Å². The van der Waals surface area contributed by atoms with Crippen LogP contribution in [0.3, 0.4) is 0 Å². The first-order valence-electron chi connectivity index (χ1n) is 4.96. The van der Waals surface area contributed by atoms with Gasteiger partial charge in [-0.1, -0.05) is 5.92 Å². The number of nitrogens with zero attached hydrogens (tertiary/aromatic N) is 3. The molecule has 0 bridgehead atoms. The smallest absolute Gasteiger partial charge is 0.102 e. The van der Waals surface area contributed by atoms with Crippen molar-refractivity contribution in [1.82, 2.24) is 14.8 Å². The van der Waals surface area contributed by atoms with Crippen LogP contribution >= 0.6 is 0 Å². The normalized spacial score (nSPS) is 10.0. The summed E-state index contributed by atoms with van der Waals surface area (Å²) in [5.74, 6) is 2.55. The highest BCUT2D eigenvalue weighted by atomic mass is 15.3. The molecule has 16 heavy (non-hydrogen) atoms. The van der Waals surface area contributed by atoms with Gasteiger partial charge >= 0.3 is 0 Å². The molecule has 0 fully saturated rings. The maximum Gasteiger partial charge on any atom is 0.102 e. The maximum absolute atomic E-state index is 5.63. The van der Waals surface area contributed by atoms with Crippen molar-refractivity contribution in [3.8, 4) is 23.6 Å². The zero-order valence-electron chi connectivity index (χ0n) is 8.80. The Kier molecular flexibility index (Phi) is 2.99. The topological polar surface area (TPSA) is 56.7 Å². The summed E-state index contributed by atoms with van der Waals surface area (Å²) in [7, 11) is 0. The van der Waals surface area contributed by atoms with Gasteiger partial charge in [0.25, 0.3) is 0 Å². The monoisotopic (exact) mass is 212 g/mol. The summed E-state index contributed by atoms with van der Waals surface area (Å²) in [5, 5.41) is 4.40. The average molecular weight is 212 g/mol. The van der Waals surface area contributed by atoms with Gasteiger partial charge in [-0.15, -0.1) is 6.42 Å². The molecule has 0 atom stereocenters. The number of aromatic nitrogens is 3. The number of nitrogens with two attached hydrogens (primary N) is 1. The second kappa shape index (κ2) is 4.60. The molecule has 2 rings (SSSR count). The third-order valence-corrected chi connectivity index (χ3v) is 2.27. The Labute approximate surface area is 94.1 Å². The van der Waals surface area contributed by atoms with E-state index in [2.05, 4.69) is 16.0 Å². The van der Waals surface area contributed by atoms with Crippen LogP contribution in [0.2, 0.25) is 0 Å². The predicted molar refractivity (Wildman–Crippen MR) is 62.2 cm³/mol. The van der Waals surface area contributed by atoms with Crippen molar-refractivity contribution < 1.29 is 0 Å². The Morgan fingerprint density at radius 3 is 3.00 bits per heavy atom. The molecule has 2 aromatic rings. The van der Waals surface area contributed by atoms with Crippen molar-refractivity contribution >= 4 is 0 Å². The SMILES string of the molecule is C#CCn1nc(-c2cccnc2)cc1CN. The Balaban J connectivity index is 2.41. The van der Waals surface area contributed by atoms with Crippen molar-refractivity contribution in [2.75, 3.05) is 0 Å². The highest BCUT2D eigenvalue weighted by Crippen LogP contribution is 2.17. The minimum absolute atomic E-state index is 0.426. The Morgan fingerprint density at radius 1 is 1.50 bits per heavy atom. The summed E-state index contributed by atoms with van der Waals surface area (Å²) >= 11 is 0. The molecule has 0 saturated heterocycles. The second-order valence-corrected chi connectivity index (χ2v) is 3.33. The van der Waals surface area contributed by atoms with Gasteiger partial charge < -0.3 is 5.73 Å². The third-order valence-electron chi connectivity index (χ3n) is 2.27. The van der Waals surface area contributed by atoms with Crippen LogP contribution in [0.5, 0.6) is 0 Å². The first-order chi connectivity index (χ1) is 7.85. The van der Waals surface area contributed by atoms with Gasteiger partial charge in [-0.05, 0) is 18.2 Å².